The second-order valence-electron chi connectivity index (χ2n) is 3.94. The highest BCUT2D eigenvalue weighted by Gasteiger charge is 2.17. The van der Waals surface area contributed by atoms with Gasteiger partial charge >= 0.3 is 0 Å². The van der Waals surface area contributed by atoms with Crippen LogP contribution in [0.2, 0.25) is 0 Å². The van der Waals surface area contributed by atoms with Gasteiger partial charge in [-0.25, -0.2) is 0 Å². The summed E-state index contributed by atoms with van der Waals surface area (Å²) >= 11 is 0. The number of hydrogen-bond donors (Lipinski definition) is 1. The fraction of sp³-hybridized carbons (Fsp3) is 0.500. The number of ether oxygens (including phenoxy) is 2. The molecule has 4 heteroatoms. The lowest BCUT2D eigenvalue weighted by Crippen LogP contribution is -2.26. The van der Waals surface area contributed by atoms with Crippen LogP contribution >= 0.6 is 0 Å². The number of likely N-dealkylation sites (N-methyl/N-ethyl adjacent to an activating group) is 1. The molecule has 0 fully saturated rings. The summed E-state index contributed by atoms with van der Waals surface area (Å²) in [6.45, 7) is 0.747. The van der Waals surface area contributed by atoms with Crippen LogP contribution < -0.4 is 15.2 Å². The Hall–Kier alpha value is -1.26. The topological polar surface area (TPSA) is 47.7 Å². The average Bonchev–Trinajstić information content (AvgIpc) is 2.26. The number of nitrogens with zero attached hydrogens (tertiary/aromatic N) is 1. The molecule has 1 rings (SSSR count). The fourth-order valence-electron chi connectivity index (χ4n) is 1.73. The Morgan fingerprint density at radius 3 is 2.06 bits per heavy atom. The molecule has 4 nitrogen and oxygen atoms in total. The average molecular weight is 224 g/mol. The SMILES string of the molecule is COc1cccc(OC)c1C(N)CN(C)C. The molecule has 0 aromatic heterocycles. The quantitative estimate of drug-likeness (QED) is 0.818. The molecule has 1 aromatic rings. The lowest BCUT2D eigenvalue weighted by atomic mass is 10.0. The summed E-state index contributed by atoms with van der Waals surface area (Å²) in [7, 11) is 7.25. The summed E-state index contributed by atoms with van der Waals surface area (Å²) in [6, 6.07) is 5.56. The van der Waals surface area contributed by atoms with Crippen molar-refractivity contribution in [2.45, 2.75) is 6.04 Å². The molecule has 1 atom stereocenters. The van der Waals surface area contributed by atoms with E-state index in [-0.39, 0.29) is 6.04 Å². The standard InChI is InChI=1S/C12H20N2O2/c1-14(2)8-9(13)12-10(15-3)6-5-7-11(12)16-4/h5-7,9H,8,13H2,1-4H3. The highest BCUT2D eigenvalue weighted by molar-refractivity contribution is 5.47. The molecule has 0 aliphatic rings. The Morgan fingerprint density at radius 1 is 1.19 bits per heavy atom. The van der Waals surface area contributed by atoms with Gasteiger partial charge < -0.3 is 20.1 Å². The van der Waals surface area contributed by atoms with Crippen molar-refractivity contribution < 1.29 is 9.47 Å². The maximum Gasteiger partial charge on any atom is 0.127 e. The predicted molar refractivity (Wildman–Crippen MR) is 65.0 cm³/mol. The summed E-state index contributed by atoms with van der Waals surface area (Å²) in [4.78, 5) is 2.04. The van der Waals surface area contributed by atoms with Crippen molar-refractivity contribution >= 4 is 0 Å². The third-order valence-corrected chi connectivity index (χ3v) is 2.40. The van der Waals surface area contributed by atoms with Crippen molar-refractivity contribution in [3.8, 4) is 11.5 Å². The van der Waals surface area contributed by atoms with E-state index in [1.807, 2.05) is 37.2 Å². The van der Waals surface area contributed by atoms with Gasteiger partial charge in [-0.1, -0.05) is 6.07 Å². The highest BCUT2D eigenvalue weighted by atomic mass is 16.5. The molecule has 0 spiro atoms. The van der Waals surface area contributed by atoms with Gasteiger partial charge in [-0.2, -0.15) is 0 Å². The van der Waals surface area contributed by atoms with E-state index in [1.54, 1.807) is 14.2 Å². The summed E-state index contributed by atoms with van der Waals surface area (Å²) in [5, 5.41) is 0. The van der Waals surface area contributed by atoms with Crippen molar-refractivity contribution in [1.82, 2.24) is 4.90 Å². The van der Waals surface area contributed by atoms with Gasteiger partial charge in [0.1, 0.15) is 11.5 Å². The molecule has 16 heavy (non-hydrogen) atoms. The van der Waals surface area contributed by atoms with Gasteiger partial charge in [0.2, 0.25) is 0 Å². The number of benzene rings is 1. The molecular weight excluding hydrogens is 204 g/mol. The largest absolute Gasteiger partial charge is 0.496 e. The van der Waals surface area contributed by atoms with Crippen LogP contribution in [0.25, 0.3) is 0 Å². The van der Waals surface area contributed by atoms with E-state index in [0.717, 1.165) is 23.6 Å². The molecule has 0 bridgehead atoms. The van der Waals surface area contributed by atoms with Gasteiger partial charge in [0, 0.05) is 12.6 Å². The van der Waals surface area contributed by atoms with Crippen molar-refractivity contribution in [3.63, 3.8) is 0 Å². The van der Waals surface area contributed by atoms with Crippen molar-refractivity contribution in [2.24, 2.45) is 5.73 Å². The molecule has 2 N–H and O–H groups in total. The molecule has 1 aromatic carbocycles. The Bertz CT molecular complexity index is 318. The van der Waals surface area contributed by atoms with Gasteiger partial charge in [-0.3, -0.25) is 0 Å². The number of nitrogens with two attached hydrogens (primary N) is 1. The van der Waals surface area contributed by atoms with E-state index in [2.05, 4.69) is 0 Å². The highest BCUT2D eigenvalue weighted by Crippen LogP contribution is 2.32. The first-order chi connectivity index (χ1) is 7.60. The summed E-state index contributed by atoms with van der Waals surface area (Å²) in [5.41, 5.74) is 7.06. The van der Waals surface area contributed by atoms with Gasteiger partial charge in [0.05, 0.1) is 19.8 Å². The Morgan fingerprint density at radius 2 is 1.69 bits per heavy atom. The van der Waals surface area contributed by atoms with Crippen LogP contribution in [0.1, 0.15) is 11.6 Å². The van der Waals surface area contributed by atoms with Crippen LogP contribution in [0.3, 0.4) is 0 Å². The molecule has 0 aliphatic heterocycles. The maximum absolute atomic E-state index is 6.15. The van der Waals surface area contributed by atoms with E-state index < -0.39 is 0 Å². The zero-order valence-electron chi connectivity index (χ0n) is 10.4. The van der Waals surface area contributed by atoms with E-state index in [0.29, 0.717) is 0 Å². The Labute approximate surface area is 96.9 Å². The van der Waals surface area contributed by atoms with Crippen LogP contribution in [0, 0.1) is 0 Å². The van der Waals surface area contributed by atoms with Crippen LogP contribution in [0.4, 0.5) is 0 Å². The fourth-order valence-corrected chi connectivity index (χ4v) is 1.73. The third-order valence-electron chi connectivity index (χ3n) is 2.40. The smallest absolute Gasteiger partial charge is 0.127 e. The predicted octanol–water partition coefficient (Wildman–Crippen LogP) is 1.27. The molecule has 1 unspecified atom stereocenters. The van der Waals surface area contributed by atoms with E-state index in [1.165, 1.54) is 0 Å². The molecule has 0 aliphatic carbocycles. The van der Waals surface area contributed by atoms with Crippen molar-refractivity contribution in [1.29, 1.82) is 0 Å². The second kappa shape index (κ2) is 5.72. The minimum atomic E-state index is -0.124. The normalized spacial score (nSPS) is 12.6. The van der Waals surface area contributed by atoms with Crippen LogP contribution in [-0.2, 0) is 0 Å². The molecule has 90 valence electrons. The third kappa shape index (κ3) is 2.87. The first kappa shape index (κ1) is 12.8. The van der Waals surface area contributed by atoms with Gasteiger partial charge in [0.25, 0.3) is 0 Å². The van der Waals surface area contributed by atoms with Crippen LogP contribution in [-0.4, -0.2) is 39.8 Å². The van der Waals surface area contributed by atoms with E-state index in [9.17, 15) is 0 Å². The number of methoxy groups -OCH3 is 2. The van der Waals surface area contributed by atoms with Gasteiger partial charge in [-0.15, -0.1) is 0 Å². The molecular formula is C12H20N2O2. The number of rotatable bonds is 5. The van der Waals surface area contributed by atoms with Gasteiger partial charge in [-0.05, 0) is 26.2 Å². The minimum absolute atomic E-state index is 0.124. The molecule has 0 amide bonds. The summed E-state index contributed by atoms with van der Waals surface area (Å²) < 4.78 is 10.6. The molecule has 0 radical (unpaired) electrons. The molecule has 0 saturated heterocycles. The van der Waals surface area contributed by atoms with Crippen LogP contribution in [0.15, 0.2) is 18.2 Å². The molecule has 0 heterocycles. The zero-order valence-corrected chi connectivity index (χ0v) is 10.4. The van der Waals surface area contributed by atoms with E-state index in [4.69, 9.17) is 15.2 Å². The lowest BCUT2D eigenvalue weighted by Gasteiger charge is -2.21. The Balaban J connectivity index is 3.07. The van der Waals surface area contributed by atoms with E-state index >= 15 is 0 Å². The zero-order chi connectivity index (χ0) is 12.1. The maximum atomic E-state index is 6.15. The Kier molecular flexibility index (Phi) is 4.58. The monoisotopic (exact) mass is 224 g/mol. The van der Waals surface area contributed by atoms with Gasteiger partial charge in [0.15, 0.2) is 0 Å². The summed E-state index contributed by atoms with van der Waals surface area (Å²) in [6.07, 6.45) is 0. The molecule has 0 saturated carbocycles. The number of hydrogen-bond acceptors (Lipinski definition) is 4. The van der Waals surface area contributed by atoms with Crippen molar-refractivity contribution in [3.05, 3.63) is 23.8 Å². The van der Waals surface area contributed by atoms with Crippen LogP contribution in [0.5, 0.6) is 11.5 Å². The minimum Gasteiger partial charge on any atom is -0.496 e. The lowest BCUT2D eigenvalue weighted by molar-refractivity contribution is 0.346. The first-order valence-corrected chi connectivity index (χ1v) is 5.21. The first-order valence-electron chi connectivity index (χ1n) is 5.21. The van der Waals surface area contributed by atoms with Crippen molar-refractivity contribution in [2.75, 3.05) is 34.9 Å². The second-order valence-corrected chi connectivity index (χ2v) is 3.94. The summed E-state index contributed by atoms with van der Waals surface area (Å²) in [5.74, 6) is 1.54.